The van der Waals surface area contributed by atoms with Crippen LogP contribution < -0.4 is 16.0 Å². The first kappa shape index (κ1) is 17.4. The average molecular weight is 355 g/mol. The monoisotopic (exact) mass is 355 g/mol. The van der Waals surface area contributed by atoms with Gasteiger partial charge in [0.15, 0.2) is 0 Å². The molecule has 1 atom stereocenters. The third kappa shape index (κ3) is 3.96. The number of nitrogens with two attached hydrogens (primary N) is 1. The van der Waals surface area contributed by atoms with Crippen LogP contribution in [0.4, 0.5) is 11.4 Å². The van der Waals surface area contributed by atoms with Crippen LogP contribution in [0.3, 0.4) is 0 Å². The van der Waals surface area contributed by atoms with Gasteiger partial charge in [-0.1, -0.05) is 31.2 Å². The zero-order valence-electron chi connectivity index (χ0n) is 14.1. The lowest BCUT2D eigenvalue weighted by atomic mass is 10.1. The topological polar surface area (TPSA) is 75.4 Å². The van der Waals surface area contributed by atoms with E-state index in [9.17, 15) is 9.59 Å². The zero-order valence-corrected chi connectivity index (χ0v) is 14.9. The summed E-state index contributed by atoms with van der Waals surface area (Å²) in [5, 5.41) is 3.52. The molecule has 1 unspecified atom stereocenters. The van der Waals surface area contributed by atoms with Gasteiger partial charge in [0.2, 0.25) is 5.91 Å². The molecule has 3 N–H and O–H groups in total. The lowest BCUT2D eigenvalue weighted by Gasteiger charge is -2.23. The Bertz CT molecular complexity index is 794. The van der Waals surface area contributed by atoms with Crippen molar-refractivity contribution < 1.29 is 9.59 Å². The maximum absolute atomic E-state index is 12.8. The van der Waals surface area contributed by atoms with Gasteiger partial charge in [-0.05, 0) is 30.7 Å². The van der Waals surface area contributed by atoms with Crippen molar-refractivity contribution in [3.8, 4) is 0 Å². The number of thioether (sulfide) groups is 1. The summed E-state index contributed by atoms with van der Waals surface area (Å²) in [7, 11) is 0. The van der Waals surface area contributed by atoms with Crippen molar-refractivity contribution in [2.75, 3.05) is 23.3 Å². The molecular weight excluding hydrogens is 334 g/mol. The summed E-state index contributed by atoms with van der Waals surface area (Å²) in [4.78, 5) is 27.3. The van der Waals surface area contributed by atoms with Gasteiger partial charge in [0.05, 0.1) is 17.8 Å². The SMILES string of the molecule is CC1CCN(C(=O)CNc2ccccc2C(N)=O)c2ccccc2S1. The largest absolute Gasteiger partial charge is 0.375 e. The Morgan fingerprint density at radius 2 is 1.92 bits per heavy atom. The first-order valence-electron chi connectivity index (χ1n) is 8.25. The van der Waals surface area contributed by atoms with E-state index in [4.69, 9.17) is 5.73 Å². The van der Waals surface area contributed by atoms with Crippen LogP contribution in [-0.4, -0.2) is 30.2 Å². The summed E-state index contributed by atoms with van der Waals surface area (Å²) in [6, 6.07) is 14.9. The maximum Gasteiger partial charge on any atom is 0.250 e. The third-order valence-corrected chi connectivity index (χ3v) is 5.40. The first-order valence-corrected chi connectivity index (χ1v) is 9.13. The highest BCUT2D eigenvalue weighted by Gasteiger charge is 2.24. The summed E-state index contributed by atoms with van der Waals surface area (Å²) in [5.41, 5.74) is 7.30. The molecule has 1 heterocycles. The van der Waals surface area contributed by atoms with Crippen molar-refractivity contribution in [2.45, 2.75) is 23.5 Å². The zero-order chi connectivity index (χ0) is 17.8. The number of primary amides is 1. The molecule has 2 aromatic rings. The number of rotatable bonds is 4. The molecule has 0 aromatic heterocycles. The number of nitrogens with one attached hydrogen (secondary N) is 1. The van der Waals surface area contributed by atoms with E-state index in [0.717, 1.165) is 17.0 Å². The summed E-state index contributed by atoms with van der Waals surface area (Å²) in [5.74, 6) is -0.540. The van der Waals surface area contributed by atoms with Crippen LogP contribution in [0.5, 0.6) is 0 Å². The van der Waals surface area contributed by atoms with Crippen molar-refractivity contribution in [3.05, 3.63) is 54.1 Å². The van der Waals surface area contributed by atoms with Gasteiger partial charge >= 0.3 is 0 Å². The molecule has 0 bridgehead atoms. The Morgan fingerprint density at radius 1 is 1.20 bits per heavy atom. The Morgan fingerprint density at radius 3 is 2.72 bits per heavy atom. The van der Waals surface area contributed by atoms with Crippen LogP contribution >= 0.6 is 11.8 Å². The highest BCUT2D eigenvalue weighted by atomic mass is 32.2. The van der Waals surface area contributed by atoms with Crippen LogP contribution in [0.1, 0.15) is 23.7 Å². The second-order valence-electron chi connectivity index (χ2n) is 5.99. The van der Waals surface area contributed by atoms with Gasteiger partial charge < -0.3 is 16.0 Å². The van der Waals surface area contributed by atoms with Crippen molar-refractivity contribution in [3.63, 3.8) is 0 Å². The van der Waals surface area contributed by atoms with Crippen LogP contribution in [0.25, 0.3) is 0 Å². The number of anilines is 2. The van der Waals surface area contributed by atoms with E-state index >= 15 is 0 Å². The predicted octanol–water partition coefficient (Wildman–Crippen LogP) is 3.11. The molecule has 1 aliphatic heterocycles. The summed E-state index contributed by atoms with van der Waals surface area (Å²) >= 11 is 1.80. The van der Waals surface area contributed by atoms with Crippen molar-refractivity contribution in [1.29, 1.82) is 0 Å². The normalized spacial score (nSPS) is 16.7. The molecule has 2 aromatic carbocycles. The van der Waals surface area contributed by atoms with Crippen LogP contribution in [0, 0.1) is 0 Å². The van der Waals surface area contributed by atoms with Gasteiger partial charge in [-0.25, -0.2) is 0 Å². The molecule has 0 spiro atoms. The fraction of sp³-hybridized carbons (Fsp3) is 0.263. The molecule has 0 aliphatic carbocycles. The number of para-hydroxylation sites is 2. The minimum atomic E-state index is -0.513. The molecule has 0 saturated carbocycles. The molecule has 0 saturated heterocycles. The molecule has 0 fully saturated rings. The number of amides is 2. The predicted molar refractivity (Wildman–Crippen MR) is 102 cm³/mol. The third-order valence-electron chi connectivity index (χ3n) is 4.17. The molecule has 2 amide bonds. The van der Waals surface area contributed by atoms with Gasteiger partial charge in [0.25, 0.3) is 5.91 Å². The number of fused-ring (bicyclic) bond motifs is 1. The molecule has 25 heavy (non-hydrogen) atoms. The summed E-state index contributed by atoms with van der Waals surface area (Å²) in [6.45, 7) is 2.97. The van der Waals surface area contributed by atoms with Crippen molar-refractivity contribution in [2.24, 2.45) is 5.73 Å². The van der Waals surface area contributed by atoms with Crippen LogP contribution in [0.15, 0.2) is 53.4 Å². The maximum atomic E-state index is 12.8. The Labute approximate surface area is 151 Å². The van der Waals surface area contributed by atoms with Gasteiger partial charge in [0.1, 0.15) is 0 Å². The van der Waals surface area contributed by atoms with E-state index in [1.165, 1.54) is 0 Å². The number of hydrogen-bond acceptors (Lipinski definition) is 4. The van der Waals surface area contributed by atoms with E-state index in [1.807, 2.05) is 23.1 Å². The van der Waals surface area contributed by atoms with Gasteiger partial charge in [0, 0.05) is 22.4 Å². The summed E-state index contributed by atoms with van der Waals surface area (Å²) < 4.78 is 0. The molecule has 6 heteroatoms. The molecule has 130 valence electrons. The fourth-order valence-electron chi connectivity index (χ4n) is 2.86. The van der Waals surface area contributed by atoms with Gasteiger partial charge in [-0.2, -0.15) is 0 Å². The Kier molecular flexibility index (Phi) is 5.28. The van der Waals surface area contributed by atoms with Gasteiger partial charge in [-0.15, -0.1) is 11.8 Å². The quantitative estimate of drug-likeness (QED) is 0.884. The molecule has 5 nitrogen and oxygen atoms in total. The highest BCUT2D eigenvalue weighted by Crippen LogP contribution is 2.37. The molecule has 3 rings (SSSR count). The number of hydrogen-bond donors (Lipinski definition) is 2. The Hall–Kier alpha value is -2.47. The number of carbonyl (C=O) groups is 2. The van der Waals surface area contributed by atoms with Crippen LogP contribution in [-0.2, 0) is 4.79 Å². The van der Waals surface area contributed by atoms with Gasteiger partial charge in [-0.3, -0.25) is 9.59 Å². The standard InChI is InChI=1S/C19H21N3O2S/c1-13-10-11-22(16-8-4-5-9-17(16)25-13)18(23)12-21-15-7-3-2-6-14(15)19(20)24/h2-9,13,21H,10-12H2,1H3,(H2,20,24). The smallest absolute Gasteiger partial charge is 0.250 e. The van der Waals surface area contributed by atoms with E-state index in [2.05, 4.69) is 18.3 Å². The van der Waals surface area contributed by atoms with Crippen molar-refractivity contribution >= 4 is 35.0 Å². The minimum absolute atomic E-state index is 0.0265. The highest BCUT2D eigenvalue weighted by molar-refractivity contribution is 8.00. The number of carbonyl (C=O) groups excluding carboxylic acids is 2. The number of benzene rings is 2. The van der Waals surface area contributed by atoms with Crippen LogP contribution in [0.2, 0.25) is 0 Å². The first-order chi connectivity index (χ1) is 12.1. The lowest BCUT2D eigenvalue weighted by molar-refractivity contribution is -0.117. The second kappa shape index (κ2) is 7.61. The molecular formula is C19H21N3O2S. The number of nitrogens with zero attached hydrogens (tertiary/aromatic N) is 1. The van der Waals surface area contributed by atoms with E-state index < -0.39 is 5.91 Å². The van der Waals surface area contributed by atoms with E-state index in [-0.39, 0.29) is 12.5 Å². The second-order valence-corrected chi connectivity index (χ2v) is 7.47. The Balaban J connectivity index is 1.77. The fourth-order valence-corrected chi connectivity index (χ4v) is 3.98. The molecule has 1 aliphatic rings. The minimum Gasteiger partial charge on any atom is -0.375 e. The molecule has 0 radical (unpaired) electrons. The van der Waals surface area contributed by atoms with E-state index in [1.54, 1.807) is 36.0 Å². The van der Waals surface area contributed by atoms with Crippen molar-refractivity contribution in [1.82, 2.24) is 0 Å². The summed E-state index contributed by atoms with van der Waals surface area (Å²) in [6.07, 6.45) is 0.933. The van der Waals surface area contributed by atoms with E-state index in [0.29, 0.717) is 23.0 Å². The average Bonchev–Trinajstić information content (AvgIpc) is 2.78. The lowest BCUT2D eigenvalue weighted by Crippen LogP contribution is -2.36.